The van der Waals surface area contributed by atoms with Gasteiger partial charge in [-0.1, -0.05) is 151 Å². The van der Waals surface area contributed by atoms with E-state index in [1.54, 1.807) is 0 Å². The summed E-state index contributed by atoms with van der Waals surface area (Å²) in [7, 11) is 0. The van der Waals surface area contributed by atoms with Gasteiger partial charge < -0.3 is 5.32 Å². The number of hydrogen-bond donors (Lipinski definition) is 1. The Kier molecular flexibility index (Phi) is 23.6. The van der Waals surface area contributed by atoms with Crippen LogP contribution in [0.3, 0.4) is 0 Å². The van der Waals surface area contributed by atoms with E-state index in [2.05, 4.69) is 104 Å². The van der Waals surface area contributed by atoms with E-state index < -0.39 is 0 Å². The summed E-state index contributed by atoms with van der Waals surface area (Å²) in [4.78, 5) is 2.56. The molecule has 1 unspecified atom stereocenters. The van der Waals surface area contributed by atoms with Crippen LogP contribution in [0.15, 0.2) is 91.0 Å². The molecule has 0 amide bonds. The minimum absolute atomic E-state index is 0.791. The van der Waals surface area contributed by atoms with Crippen molar-refractivity contribution in [2.75, 3.05) is 19.6 Å². The Labute approximate surface area is 230 Å². The predicted octanol–water partition coefficient (Wildman–Crippen LogP) is 9.54. The SMILES string of the molecule is CC.CC.CCCCC(C)CNCCCN(Cc1ccccc1)Cc1ccccc1.Cc1ccccc1. The van der Waals surface area contributed by atoms with Gasteiger partial charge in [-0.25, -0.2) is 0 Å². The van der Waals surface area contributed by atoms with Crippen LogP contribution >= 0.6 is 0 Å². The molecule has 0 radical (unpaired) electrons. The summed E-state index contributed by atoms with van der Waals surface area (Å²) in [5.74, 6) is 0.791. The standard InChI is InChI=1S/C24H36N2.C7H8.2C2H6/c1-3-4-12-22(2)19-25-17-11-18-26(20-23-13-7-5-8-14-23)21-24-15-9-6-10-16-24;1-7-5-3-2-4-6-7;2*1-2/h5-10,13-16,22,25H,3-4,11-12,17-21H2,1-2H3;2-6H,1H3;2*1-2H3. The van der Waals surface area contributed by atoms with E-state index in [1.165, 1.54) is 42.4 Å². The Morgan fingerprint density at radius 2 is 1.14 bits per heavy atom. The highest BCUT2D eigenvalue weighted by Gasteiger charge is 2.07. The van der Waals surface area contributed by atoms with Crippen LogP contribution < -0.4 is 5.32 Å². The molecule has 37 heavy (non-hydrogen) atoms. The fourth-order valence-electron chi connectivity index (χ4n) is 3.86. The Hall–Kier alpha value is -2.42. The minimum atomic E-state index is 0.791. The smallest absolute Gasteiger partial charge is 0.0237 e. The molecule has 3 aromatic rings. The van der Waals surface area contributed by atoms with Crippen molar-refractivity contribution in [1.82, 2.24) is 10.2 Å². The molecule has 0 spiro atoms. The first-order valence-corrected chi connectivity index (χ1v) is 14.7. The number of aryl methyl sites for hydroxylation is 1. The summed E-state index contributed by atoms with van der Waals surface area (Å²) in [5.41, 5.74) is 4.11. The molecule has 2 nitrogen and oxygen atoms in total. The van der Waals surface area contributed by atoms with Gasteiger partial charge in [0.25, 0.3) is 0 Å². The van der Waals surface area contributed by atoms with Crippen molar-refractivity contribution in [1.29, 1.82) is 0 Å². The van der Waals surface area contributed by atoms with Crippen LogP contribution in [0.5, 0.6) is 0 Å². The summed E-state index contributed by atoms with van der Waals surface area (Å²) < 4.78 is 0. The zero-order chi connectivity index (χ0) is 27.6. The zero-order valence-corrected chi connectivity index (χ0v) is 25.0. The molecule has 0 fully saturated rings. The van der Waals surface area contributed by atoms with Gasteiger partial charge in [-0.15, -0.1) is 0 Å². The maximum atomic E-state index is 3.65. The van der Waals surface area contributed by atoms with E-state index in [9.17, 15) is 0 Å². The lowest BCUT2D eigenvalue weighted by molar-refractivity contribution is 0.251. The third-order valence-corrected chi connectivity index (χ3v) is 5.81. The van der Waals surface area contributed by atoms with Crippen LogP contribution in [0.4, 0.5) is 0 Å². The average molecular weight is 505 g/mol. The molecule has 0 aliphatic heterocycles. The number of nitrogens with zero attached hydrogens (tertiary/aromatic N) is 1. The maximum Gasteiger partial charge on any atom is 0.0237 e. The van der Waals surface area contributed by atoms with Crippen molar-refractivity contribution >= 4 is 0 Å². The number of benzene rings is 3. The van der Waals surface area contributed by atoms with E-state index in [0.717, 1.165) is 38.6 Å². The van der Waals surface area contributed by atoms with Gasteiger partial charge in [0.05, 0.1) is 0 Å². The molecule has 3 aromatic carbocycles. The Morgan fingerprint density at radius 3 is 1.54 bits per heavy atom. The fraction of sp³-hybridized carbons (Fsp3) is 0.486. The number of unbranched alkanes of at least 4 members (excludes halogenated alkanes) is 1. The molecule has 0 saturated carbocycles. The largest absolute Gasteiger partial charge is 0.316 e. The normalized spacial score (nSPS) is 10.7. The lowest BCUT2D eigenvalue weighted by Crippen LogP contribution is -2.28. The van der Waals surface area contributed by atoms with Crippen molar-refractivity contribution in [2.24, 2.45) is 5.92 Å². The van der Waals surface area contributed by atoms with E-state index in [-0.39, 0.29) is 0 Å². The molecular weight excluding hydrogens is 448 g/mol. The summed E-state index contributed by atoms with van der Waals surface area (Å²) >= 11 is 0. The molecule has 3 rings (SSSR count). The van der Waals surface area contributed by atoms with Gasteiger partial charge >= 0.3 is 0 Å². The van der Waals surface area contributed by atoms with Crippen molar-refractivity contribution in [2.45, 2.75) is 87.2 Å². The molecule has 0 heterocycles. The quantitative estimate of drug-likeness (QED) is 0.233. The molecule has 0 bridgehead atoms. The van der Waals surface area contributed by atoms with Crippen molar-refractivity contribution in [3.63, 3.8) is 0 Å². The summed E-state index contributed by atoms with van der Waals surface area (Å²) in [5, 5.41) is 3.65. The van der Waals surface area contributed by atoms with Crippen molar-refractivity contribution < 1.29 is 0 Å². The topological polar surface area (TPSA) is 15.3 Å². The first-order valence-electron chi connectivity index (χ1n) is 14.7. The van der Waals surface area contributed by atoms with Gasteiger partial charge in [0.1, 0.15) is 0 Å². The van der Waals surface area contributed by atoms with E-state index in [4.69, 9.17) is 0 Å². The average Bonchev–Trinajstić information content (AvgIpc) is 2.96. The number of rotatable bonds is 13. The van der Waals surface area contributed by atoms with Crippen LogP contribution in [-0.2, 0) is 13.1 Å². The van der Waals surface area contributed by atoms with Crippen LogP contribution in [0.2, 0.25) is 0 Å². The molecule has 2 heteroatoms. The Balaban J connectivity index is 0.000000988. The third kappa shape index (κ3) is 19.4. The van der Waals surface area contributed by atoms with Crippen LogP contribution in [-0.4, -0.2) is 24.5 Å². The van der Waals surface area contributed by atoms with Crippen molar-refractivity contribution in [3.8, 4) is 0 Å². The van der Waals surface area contributed by atoms with Gasteiger partial charge in [0.15, 0.2) is 0 Å². The Bertz CT molecular complexity index is 776. The van der Waals surface area contributed by atoms with E-state index >= 15 is 0 Å². The zero-order valence-electron chi connectivity index (χ0n) is 25.0. The van der Waals surface area contributed by atoms with Gasteiger partial charge in [0.2, 0.25) is 0 Å². The van der Waals surface area contributed by atoms with Gasteiger partial charge in [0, 0.05) is 19.6 Å². The monoisotopic (exact) mass is 504 g/mol. The van der Waals surface area contributed by atoms with Crippen LogP contribution in [0.25, 0.3) is 0 Å². The number of hydrogen-bond acceptors (Lipinski definition) is 2. The van der Waals surface area contributed by atoms with Gasteiger partial charge in [-0.3, -0.25) is 4.90 Å². The van der Waals surface area contributed by atoms with Gasteiger partial charge in [-0.05, 0) is 49.9 Å². The highest BCUT2D eigenvalue weighted by Crippen LogP contribution is 2.11. The van der Waals surface area contributed by atoms with E-state index in [1.807, 2.05) is 45.9 Å². The second-order valence-electron chi connectivity index (χ2n) is 9.14. The number of nitrogens with one attached hydrogen (secondary N) is 1. The molecule has 0 aliphatic carbocycles. The minimum Gasteiger partial charge on any atom is -0.316 e. The van der Waals surface area contributed by atoms with Crippen LogP contribution in [0, 0.1) is 12.8 Å². The molecule has 1 atom stereocenters. The molecule has 206 valence electrons. The second kappa shape index (κ2) is 25.2. The highest BCUT2D eigenvalue weighted by molar-refractivity contribution is 5.17. The second-order valence-corrected chi connectivity index (χ2v) is 9.14. The summed E-state index contributed by atoms with van der Waals surface area (Å²) in [6.45, 7) is 20.1. The third-order valence-electron chi connectivity index (χ3n) is 5.81. The van der Waals surface area contributed by atoms with Crippen molar-refractivity contribution in [3.05, 3.63) is 108 Å². The maximum absolute atomic E-state index is 3.65. The highest BCUT2D eigenvalue weighted by atomic mass is 15.1. The Morgan fingerprint density at radius 1 is 0.676 bits per heavy atom. The first kappa shape index (κ1) is 34.6. The summed E-state index contributed by atoms with van der Waals surface area (Å²) in [6.07, 6.45) is 5.20. The molecule has 0 saturated heterocycles. The molecular formula is C35H56N2. The lowest BCUT2D eigenvalue weighted by atomic mass is 10.0. The van der Waals surface area contributed by atoms with E-state index in [0.29, 0.717) is 0 Å². The summed E-state index contributed by atoms with van der Waals surface area (Å²) in [6, 6.07) is 31.9. The predicted molar refractivity (Wildman–Crippen MR) is 167 cm³/mol. The first-order chi connectivity index (χ1) is 18.2. The molecule has 0 aliphatic rings. The molecule has 0 aromatic heterocycles. The lowest BCUT2D eigenvalue weighted by Gasteiger charge is -2.23. The van der Waals surface area contributed by atoms with Crippen LogP contribution in [0.1, 0.15) is 83.9 Å². The molecule has 1 N–H and O–H groups in total. The fourth-order valence-corrected chi connectivity index (χ4v) is 3.86. The van der Waals surface area contributed by atoms with Gasteiger partial charge in [-0.2, -0.15) is 0 Å².